The highest BCUT2D eigenvalue weighted by molar-refractivity contribution is 5.78. The van der Waals surface area contributed by atoms with E-state index in [1.807, 2.05) is 0 Å². The normalized spacial score (nSPS) is 25.6. The van der Waals surface area contributed by atoms with Crippen LogP contribution >= 0.6 is 0 Å². The fraction of sp³-hybridized carbons (Fsp3) is 0.562. The lowest BCUT2D eigenvalue weighted by Crippen LogP contribution is -2.46. The maximum Gasteiger partial charge on any atom is 0.224 e. The number of amides is 1. The first-order valence-corrected chi connectivity index (χ1v) is 7.31. The van der Waals surface area contributed by atoms with Crippen molar-refractivity contribution < 1.29 is 18.7 Å². The van der Waals surface area contributed by atoms with Gasteiger partial charge < -0.3 is 10.4 Å². The van der Waals surface area contributed by atoms with Crippen LogP contribution in [0.15, 0.2) is 18.2 Å². The number of hydrogen-bond acceptors (Lipinski definition) is 2. The van der Waals surface area contributed by atoms with Gasteiger partial charge >= 0.3 is 0 Å². The van der Waals surface area contributed by atoms with Crippen LogP contribution in [0.2, 0.25) is 0 Å². The van der Waals surface area contributed by atoms with Gasteiger partial charge in [0.05, 0.1) is 12.0 Å². The van der Waals surface area contributed by atoms with Crippen LogP contribution in [0.1, 0.15) is 38.2 Å². The molecule has 21 heavy (non-hydrogen) atoms. The van der Waals surface area contributed by atoms with Crippen LogP contribution in [0.25, 0.3) is 0 Å². The molecule has 1 amide bonds. The Kier molecular flexibility index (Phi) is 4.93. The zero-order chi connectivity index (χ0) is 15.5. The summed E-state index contributed by atoms with van der Waals surface area (Å²) < 4.78 is 26.3. The Morgan fingerprint density at radius 3 is 2.90 bits per heavy atom. The lowest BCUT2D eigenvalue weighted by Gasteiger charge is -2.35. The zero-order valence-corrected chi connectivity index (χ0v) is 12.2. The minimum atomic E-state index is -0.866. The minimum Gasteiger partial charge on any atom is -0.388 e. The summed E-state index contributed by atoms with van der Waals surface area (Å²) in [7, 11) is 0. The summed E-state index contributed by atoms with van der Waals surface area (Å²) in [6, 6.07) is 3.16. The quantitative estimate of drug-likeness (QED) is 0.897. The van der Waals surface area contributed by atoms with Crippen molar-refractivity contribution >= 4 is 5.91 Å². The van der Waals surface area contributed by atoms with E-state index < -0.39 is 17.2 Å². The van der Waals surface area contributed by atoms with Gasteiger partial charge in [-0.05, 0) is 30.4 Å². The molecule has 1 fully saturated rings. The summed E-state index contributed by atoms with van der Waals surface area (Å²) >= 11 is 0. The average Bonchev–Trinajstić information content (AvgIpc) is 2.40. The van der Waals surface area contributed by atoms with Gasteiger partial charge in [-0.25, -0.2) is 8.78 Å². The van der Waals surface area contributed by atoms with Gasteiger partial charge in [0, 0.05) is 12.6 Å². The van der Waals surface area contributed by atoms with Crippen molar-refractivity contribution in [2.45, 2.75) is 44.6 Å². The molecule has 0 aromatic heterocycles. The maximum absolute atomic E-state index is 13.5. The molecule has 1 aliphatic rings. The Balaban J connectivity index is 1.87. The number of carbonyl (C=O) groups is 1. The smallest absolute Gasteiger partial charge is 0.224 e. The van der Waals surface area contributed by atoms with Gasteiger partial charge in [0.2, 0.25) is 5.91 Å². The van der Waals surface area contributed by atoms with Crippen LogP contribution in [0.4, 0.5) is 8.78 Å². The third kappa shape index (κ3) is 4.49. The molecule has 0 radical (unpaired) electrons. The number of nitrogens with one attached hydrogen (secondary N) is 1. The van der Waals surface area contributed by atoms with Crippen LogP contribution in [0.3, 0.4) is 0 Å². The molecule has 2 N–H and O–H groups in total. The van der Waals surface area contributed by atoms with Crippen LogP contribution < -0.4 is 5.32 Å². The van der Waals surface area contributed by atoms with E-state index in [2.05, 4.69) is 12.2 Å². The second-order valence-corrected chi connectivity index (χ2v) is 6.12. The van der Waals surface area contributed by atoms with Gasteiger partial charge in [-0.2, -0.15) is 0 Å². The molecule has 2 rings (SSSR count). The highest BCUT2D eigenvalue weighted by atomic mass is 19.1. The predicted octanol–water partition coefficient (Wildman–Crippen LogP) is 2.56. The van der Waals surface area contributed by atoms with E-state index in [9.17, 15) is 18.7 Å². The highest BCUT2D eigenvalue weighted by Gasteiger charge is 2.32. The average molecular weight is 297 g/mol. The Bertz CT molecular complexity index is 521. The zero-order valence-electron chi connectivity index (χ0n) is 12.2. The number of carbonyl (C=O) groups excluding carboxylic acids is 1. The van der Waals surface area contributed by atoms with E-state index in [0.29, 0.717) is 18.8 Å². The second kappa shape index (κ2) is 6.52. The summed E-state index contributed by atoms with van der Waals surface area (Å²) in [5.41, 5.74) is -0.716. The van der Waals surface area contributed by atoms with Crippen LogP contribution in [-0.4, -0.2) is 23.2 Å². The van der Waals surface area contributed by atoms with Gasteiger partial charge in [-0.15, -0.1) is 0 Å². The molecule has 0 heterocycles. The summed E-state index contributed by atoms with van der Waals surface area (Å²) in [5, 5.41) is 13.1. The standard InChI is InChI=1S/C16H21F2NO2/c1-11-3-2-6-16(21,9-11)10-19-15(20)7-12-4-5-13(17)8-14(12)18/h4-5,8,11,21H,2-3,6-7,9-10H2,1H3,(H,19,20). The van der Waals surface area contributed by atoms with E-state index in [4.69, 9.17) is 0 Å². The third-order valence-electron chi connectivity index (χ3n) is 4.05. The molecule has 1 aromatic rings. The maximum atomic E-state index is 13.5. The van der Waals surface area contributed by atoms with Crippen molar-refractivity contribution in [3.63, 3.8) is 0 Å². The van der Waals surface area contributed by atoms with E-state index in [1.54, 1.807) is 0 Å². The first kappa shape index (κ1) is 15.9. The minimum absolute atomic E-state index is 0.151. The first-order valence-electron chi connectivity index (χ1n) is 7.31. The molecule has 1 aromatic carbocycles. The second-order valence-electron chi connectivity index (χ2n) is 6.12. The molecule has 5 heteroatoms. The van der Waals surface area contributed by atoms with Crippen molar-refractivity contribution in [3.05, 3.63) is 35.4 Å². The van der Waals surface area contributed by atoms with E-state index in [1.165, 1.54) is 6.07 Å². The van der Waals surface area contributed by atoms with Crippen molar-refractivity contribution in [1.82, 2.24) is 5.32 Å². The summed E-state index contributed by atoms with van der Waals surface area (Å²) in [5.74, 6) is -1.32. The SMILES string of the molecule is CC1CCCC(O)(CNC(=O)Cc2ccc(F)cc2F)C1. The van der Waals surface area contributed by atoms with Crippen molar-refractivity contribution in [3.8, 4) is 0 Å². The Hall–Kier alpha value is -1.49. The number of benzene rings is 1. The highest BCUT2D eigenvalue weighted by Crippen LogP contribution is 2.31. The molecule has 0 saturated heterocycles. The molecule has 2 unspecified atom stereocenters. The molecule has 1 saturated carbocycles. The first-order chi connectivity index (χ1) is 9.88. The van der Waals surface area contributed by atoms with Crippen molar-refractivity contribution in [2.24, 2.45) is 5.92 Å². The lowest BCUT2D eigenvalue weighted by molar-refractivity contribution is -0.122. The van der Waals surface area contributed by atoms with E-state index >= 15 is 0 Å². The number of halogens is 2. The van der Waals surface area contributed by atoms with E-state index in [-0.39, 0.29) is 24.4 Å². The van der Waals surface area contributed by atoms with Gasteiger partial charge in [0.25, 0.3) is 0 Å². The van der Waals surface area contributed by atoms with Crippen molar-refractivity contribution in [2.75, 3.05) is 6.54 Å². The van der Waals surface area contributed by atoms with Gasteiger partial charge in [-0.1, -0.05) is 25.8 Å². The number of aliphatic hydroxyl groups is 1. The molecule has 1 aliphatic carbocycles. The Morgan fingerprint density at radius 2 is 2.24 bits per heavy atom. The molecule has 116 valence electrons. The Morgan fingerprint density at radius 1 is 1.48 bits per heavy atom. The summed E-state index contributed by atoms with van der Waals surface area (Å²) in [6.45, 7) is 2.26. The fourth-order valence-electron chi connectivity index (χ4n) is 2.96. The lowest BCUT2D eigenvalue weighted by atomic mass is 9.79. The molecule has 3 nitrogen and oxygen atoms in total. The summed E-state index contributed by atoms with van der Waals surface area (Å²) in [4.78, 5) is 11.8. The van der Waals surface area contributed by atoms with Gasteiger partial charge in [0.1, 0.15) is 11.6 Å². The van der Waals surface area contributed by atoms with Crippen LogP contribution in [-0.2, 0) is 11.2 Å². The van der Waals surface area contributed by atoms with E-state index in [0.717, 1.165) is 25.0 Å². The molecule has 2 atom stereocenters. The predicted molar refractivity (Wildman–Crippen MR) is 75.7 cm³/mol. The van der Waals surface area contributed by atoms with Crippen LogP contribution in [0.5, 0.6) is 0 Å². The Labute approximate surface area is 123 Å². The monoisotopic (exact) mass is 297 g/mol. The van der Waals surface area contributed by atoms with Crippen molar-refractivity contribution in [1.29, 1.82) is 0 Å². The molecule has 0 spiro atoms. The number of rotatable bonds is 4. The molecule has 0 bridgehead atoms. The third-order valence-corrected chi connectivity index (χ3v) is 4.05. The van der Waals surface area contributed by atoms with Gasteiger partial charge in [-0.3, -0.25) is 4.79 Å². The van der Waals surface area contributed by atoms with Crippen LogP contribution in [0, 0.1) is 17.6 Å². The molecular weight excluding hydrogens is 276 g/mol. The largest absolute Gasteiger partial charge is 0.388 e. The molecule has 0 aliphatic heterocycles. The van der Waals surface area contributed by atoms with Gasteiger partial charge in [0.15, 0.2) is 0 Å². The number of hydrogen-bond donors (Lipinski definition) is 2. The summed E-state index contributed by atoms with van der Waals surface area (Å²) in [6.07, 6.45) is 3.22. The molecular formula is C16H21F2NO2. The fourth-order valence-corrected chi connectivity index (χ4v) is 2.96. The topological polar surface area (TPSA) is 49.3 Å².